The summed E-state index contributed by atoms with van der Waals surface area (Å²) in [4.78, 5) is 14.3. The second kappa shape index (κ2) is 6.46. The molecule has 1 aromatic heterocycles. The fourth-order valence-electron chi connectivity index (χ4n) is 2.96. The number of nitrogens with zero attached hydrogens (tertiary/aromatic N) is 2. The van der Waals surface area contributed by atoms with E-state index in [4.69, 9.17) is 17.3 Å². The van der Waals surface area contributed by atoms with Crippen LogP contribution in [-0.2, 0) is 4.79 Å². The number of nitrogens with two attached hydrogens (primary N) is 1. The Kier molecular flexibility index (Phi) is 4.39. The van der Waals surface area contributed by atoms with Crippen LogP contribution < -0.4 is 5.73 Å². The van der Waals surface area contributed by atoms with Gasteiger partial charge in [0.1, 0.15) is 0 Å². The summed E-state index contributed by atoms with van der Waals surface area (Å²) in [5.41, 5.74) is 9.23. The number of allylic oxidation sites excluding steroid dienone is 1. The Morgan fingerprint density at radius 2 is 2.26 bits per heavy atom. The lowest BCUT2D eigenvalue weighted by Crippen LogP contribution is -2.27. The first-order chi connectivity index (χ1) is 11.1. The molecule has 1 atom stereocenters. The standard InChI is InChI=1S/C17H19ClN4O/c1-11(13-4-2-3-5-14(13)18)8-16(23)22-7-6-12(10-22)17-15(19)9-20-21-17/h2-5,8-9,12H,6-7,10,19H2,1H3,(H,20,21). The molecule has 0 aliphatic carbocycles. The molecule has 1 amide bonds. The maximum absolute atomic E-state index is 12.5. The third-order valence-corrected chi connectivity index (χ3v) is 4.58. The van der Waals surface area contributed by atoms with Crippen LogP contribution in [0.15, 0.2) is 36.5 Å². The Labute approximate surface area is 140 Å². The molecule has 1 aromatic carbocycles. The third-order valence-electron chi connectivity index (χ3n) is 4.25. The first kappa shape index (κ1) is 15.6. The highest BCUT2D eigenvalue weighted by molar-refractivity contribution is 6.32. The number of nitrogen functional groups attached to an aromatic ring is 1. The number of carbonyl (C=O) groups excluding carboxylic acids is 1. The van der Waals surface area contributed by atoms with E-state index in [1.165, 1.54) is 0 Å². The summed E-state index contributed by atoms with van der Waals surface area (Å²) in [6.45, 7) is 3.27. The van der Waals surface area contributed by atoms with E-state index >= 15 is 0 Å². The molecule has 1 unspecified atom stereocenters. The largest absolute Gasteiger partial charge is 0.396 e. The topological polar surface area (TPSA) is 75.0 Å². The maximum Gasteiger partial charge on any atom is 0.246 e. The van der Waals surface area contributed by atoms with E-state index in [-0.39, 0.29) is 11.8 Å². The van der Waals surface area contributed by atoms with Gasteiger partial charge in [-0.05, 0) is 30.5 Å². The van der Waals surface area contributed by atoms with Crippen molar-refractivity contribution in [2.24, 2.45) is 0 Å². The number of hydrogen-bond donors (Lipinski definition) is 2. The van der Waals surface area contributed by atoms with Crippen molar-refractivity contribution in [3.8, 4) is 0 Å². The lowest BCUT2D eigenvalue weighted by atomic mass is 10.0. The lowest BCUT2D eigenvalue weighted by molar-refractivity contribution is -0.125. The van der Waals surface area contributed by atoms with Crippen LogP contribution in [0.3, 0.4) is 0 Å². The molecule has 2 heterocycles. The van der Waals surface area contributed by atoms with Gasteiger partial charge >= 0.3 is 0 Å². The molecule has 0 radical (unpaired) electrons. The fourth-order valence-corrected chi connectivity index (χ4v) is 3.25. The molecular weight excluding hydrogens is 312 g/mol. The van der Waals surface area contributed by atoms with E-state index in [0.29, 0.717) is 23.8 Å². The van der Waals surface area contributed by atoms with Crippen molar-refractivity contribution in [3.63, 3.8) is 0 Å². The van der Waals surface area contributed by atoms with Crippen LogP contribution in [0.1, 0.15) is 30.5 Å². The average Bonchev–Trinajstić information content (AvgIpc) is 3.16. The maximum atomic E-state index is 12.5. The first-order valence-corrected chi connectivity index (χ1v) is 7.95. The zero-order chi connectivity index (χ0) is 16.4. The molecular formula is C17H19ClN4O. The molecule has 0 saturated carbocycles. The molecule has 120 valence electrons. The molecule has 3 rings (SSSR count). The predicted molar refractivity (Wildman–Crippen MR) is 92.0 cm³/mol. The van der Waals surface area contributed by atoms with Crippen LogP contribution in [0.2, 0.25) is 5.02 Å². The van der Waals surface area contributed by atoms with Crippen molar-refractivity contribution in [3.05, 3.63) is 52.8 Å². The number of aromatic amines is 1. The fraction of sp³-hybridized carbons (Fsp3) is 0.294. The molecule has 23 heavy (non-hydrogen) atoms. The van der Waals surface area contributed by atoms with Crippen LogP contribution in [0.5, 0.6) is 0 Å². The molecule has 1 aliphatic rings. The van der Waals surface area contributed by atoms with Crippen molar-refractivity contribution < 1.29 is 4.79 Å². The van der Waals surface area contributed by atoms with Gasteiger partial charge in [0.05, 0.1) is 17.6 Å². The van der Waals surface area contributed by atoms with Gasteiger partial charge in [0.15, 0.2) is 0 Å². The number of H-pyrrole nitrogens is 1. The van der Waals surface area contributed by atoms with Gasteiger partial charge in [0.2, 0.25) is 5.91 Å². The minimum atomic E-state index is 0.00278. The Bertz CT molecular complexity index is 753. The number of benzene rings is 1. The monoisotopic (exact) mass is 330 g/mol. The summed E-state index contributed by atoms with van der Waals surface area (Å²) in [6, 6.07) is 7.53. The van der Waals surface area contributed by atoms with Gasteiger partial charge in [-0.25, -0.2) is 0 Å². The van der Waals surface area contributed by atoms with Crippen molar-refractivity contribution in [1.29, 1.82) is 0 Å². The Balaban J connectivity index is 1.71. The SMILES string of the molecule is CC(=CC(=O)N1CCC(c2[nH]ncc2N)C1)c1ccccc1Cl. The quantitative estimate of drug-likeness (QED) is 0.849. The van der Waals surface area contributed by atoms with E-state index in [1.54, 1.807) is 12.3 Å². The Hall–Kier alpha value is -2.27. The molecule has 1 saturated heterocycles. The van der Waals surface area contributed by atoms with Gasteiger partial charge in [0, 0.05) is 30.1 Å². The number of carbonyl (C=O) groups is 1. The summed E-state index contributed by atoms with van der Waals surface area (Å²) < 4.78 is 0. The highest BCUT2D eigenvalue weighted by Crippen LogP contribution is 2.30. The highest BCUT2D eigenvalue weighted by atomic mass is 35.5. The second-order valence-electron chi connectivity index (χ2n) is 5.82. The van der Waals surface area contributed by atoms with E-state index < -0.39 is 0 Å². The second-order valence-corrected chi connectivity index (χ2v) is 6.22. The number of hydrogen-bond acceptors (Lipinski definition) is 3. The zero-order valence-electron chi connectivity index (χ0n) is 12.9. The zero-order valence-corrected chi connectivity index (χ0v) is 13.7. The number of likely N-dealkylation sites (tertiary alicyclic amines) is 1. The summed E-state index contributed by atoms with van der Waals surface area (Å²) in [5.74, 6) is 0.221. The van der Waals surface area contributed by atoms with E-state index in [9.17, 15) is 4.79 Å². The summed E-state index contributed by atoms with van der Waals surface area (Å²) >= 11 is 6.18. The molecule has 3 N–H and O–H groups in total. The van der Waals surface area contributed by atoms with Crippen molar-refractivity contribution in [2.75, 3.05) is 18.8 Å². The summed E-state index contributed by atoms with van der Waals surface area (Å²) in [5, 5.41) is 7.54. The minimum absolute atomic E-state index is 0.00278. The number of halogens is 1. The minimum Gasteiger partial charge on any atom is -0.396 e. The summed E-state index contributed by atoms with van der Waals surface area (Å²) in [7, 11) is 0. The lowest BCUT2D eigenvalue weighted by Gasteiger charge is -2.15. The number of aromatic nitrogens is 2. The van der Waals surface area contributed by atoms with E-state index in [2.05, 4.69) is 10.2 Å². The number of rotatable bonds is 3. The Morgan fingerprint density at radius 3 is 2.96 bits per heavy atom. The number of amides is 1. The molecule has 0 spiro atoms. The van der Waals surface area contributed by atoms with Crippen molar-refractivity contribution in [1.82, 2.24) is 15.1 Å². The molecule has 6 heteroatoms. The van der Waals surface area contributed by atoms with Crippen molar-refractivity contribution >= 4 is 28.8 Å². The van der Waals surface area contributed by atoms with Gasteiger partial charge < -0.3 is 10.6 Å². The van der Waals surface area contributed by atoms with Crippen molar-refractivity contribution in [2.45, 2.75) is 19.3 Å². The smallest absolute Gasteiger partial charge is 0.246 e. The molecule has 0 bridgehead atoms. The summed E-state index contributed by atoms with van der Waals surface area (Å²) in [6.07, 6.45) is 4.15. The van der Waals surface area contributed by atoms with Crippen LogP contribution in [0.4, 0.5) is 5.69 Å². The molecule has 1 aliphatic heterocycles. The average molecular weight is 331 g/mol. The van der Waals surface area contributed by atoms with E-state index in [0.717, 1.165) is 23.3 Å². The van der Waals surface area contributed by atoms with Gasteiger partial charge in [-0.3, -0.25) is 9.89 Å². The van der Waals surface area contributed by atoms with Crippen LogP contribution in [-0.4, -0.2) is 34.1 Å². The number of anilines is 1. The first-order valence-electron chi connectivity index (χ1n) is 7.57. The van der Waals surface area contributed by atoms with Gasteiger partial charge in [0.25, 0.3) is 0 Å². The highest BCUT2D eigenvalue weighted by Gasteiger charge is 2.28. The van der Waals surface area contributed by atoms with Gasteiger partial charge in [-0.15, -0.1) is 0 Å². The third kappa shape index (κ3) is 3.24. The number of nitrogens with one attached hydrogen (secondary N) is 1. The normalized spacial score (nSPS) is 18.4. The predicted octanol–water partition coefficient (Wildman–Crippen LogP) is 3.06. The molecule has 2 aromatic rings. The van der Waals surface area contributed by atoms with Crippen LogP contribution >= 0.6 is 11.6 Å². The van der Waals surface area contributed by atoms with Gasteiger partial charge in [-0.2, -0.15) is 5.10 Å². The van der Waals surface area contributed by atoms with E-state index in [1.807, 2.05) is 36.1 Å². The van der Waals surface area contributed by atoms with Crippen LogP contribution in [0.25, 0.3) is 5.57 Å². The van der Waals surface area contributed by atoms with Gasteiger partial charge in [-0.1, -0.05) is 29.8 Å². The Morgan fingerprint density at radius 1 is 1.48 bits per heavy atom. The molecule has 1 fully saturated rings. The molecule has 5 nitrogen and oxygen atoms in total. The van der Waals surface area contributed by atoms with Crippen LogP contribution in [0, 0.1) is 0 Å².